The minimum atomic E-state index is -0.521. The van der Waals surface area contributed by atoms with Gasteiger partial charge in [-0.2, -0.15) is 0 Å². The number of nitrogens with zero attached hydrogens (tertiary/aromatic N) is 1. The highest BCUT2D eigenvalue weighted by Crippen LogP contribution is 2.31. The van der Waals surface area contributed by atoms with Crippen molar-refractivity contribution in [2.75, 3.05) is 12.4 Å². The highest BCUT2D eigenvalue weighted by Gasteiger charge is 2.17. The number of thioether (sulfide) groups is 1. The Kier molecular flexibility index (Phi) is 5.90. The molecule has 0 aliphatic heterocycles. The van der Waals surface area contributed by atoms with Gasteiger partial charge >= 0.3 is 6.09 Å². The molecule has 7 heteroatoms. The van der Waals surface area contributed by atoms with Gasteiger partial charge in [0.25, 0.3) is 0 Å². The number of benzene rings is 1. The molecule has 0 fully saturated rings. The van der Waals surface area contributed by atoms with Gasteiger partial charge in [-0.1, -0.05) is 23.5 Å². The van der Waals surface area contributed by atoms with Gasteiger partial charge in [0.2, 0.25) is 0 Å². The van der Waals surface area contributed by atoms with Gasteiger partial charge in [-0.3, -0.25) is 5.32 Å². The number of rotatable bonds is 5. The molecular weight excluding hydrogens is 332 g/mol. The van der Waals surface area contributed by atoms with Crippen LogP contribution in [-0.4, -0.2) is 23.8 Å². The van der Waals surface area contributed by atoms with Crippen LogP contribution < -0.4 is 10.1 Å². The number of anilines is 1. The molecule has 0 radical (unpaired) electrons. The van der Waals surface area contributed by atoms with Crippen LogP contribution in [0, 0.1) is 0 Å². The van der Waals surface area contributed by atoms with E-state index >= 15 is 0 Å². The van der Waals surface area contributed by atoms with E-state index in [9.17, 15) is 4.79 Å². The van der Waals surface area contributed by atoms with E-state index in [-0.39, 0.29) is 0 Å². The van der Waals surface area contributed by atoms with E-state index in [0.717, 1.165) is 15.7 Å². The van der Waals surface area contributed by atoms with E-state index in [2.05, 4.69) is 10.3 Å². The molecule has 1 amide bonds. The average molecular weight is 352 g/mol. The molecule has 0 aliphatic carbocycles. The fraction of sp³-hybridized carbons (Fsp3) is 0.375. The van der Waals surface area contributed by atoms with Gasteiger partial charge in [0.05, 0.1) is 17.5 Å². The summed E-state index contributed by atoms with van der Waals surface area (Å²) in [6, 6.07) is 7.95. The van der Waals surface area contributed by atoms with Crippen molar-refractivity contribution in [3.63, 3.8) is 0 Å². The summed E-state index contributed by atoms with van der Waals surface area (Å²) in [5.41, 5.74) is 0.679. The number of aromatic nitrogens is 1. The number of methoxy groups -OCH3 is 1. The maximum atomic E-state index is 11.7. The molecule has 2 rings (SSSR count). The van der Waals surface area contributed by atoms with E-state index in [1.54, 1.807) is 25.1 Å². The highest BCUT2D eigenvalue weighted by molar-refractivity contribution is 8.00. The summed E-state index contributed by atoms with van der Waals surface area (Å²) in [7, 11) is 1.65. The van der Waals surface area contributed by atoms with Crippen molar-refractivity contribution in [1.29, 1.82) is 0 Å². The molecule has 0 aliphatic rings. The highest BCUT2D eigenvalue weighted by atomic mass is 32.2. The summed E-state index contributed by atoms with van der Waals surface area (Å²) in [6.07, 6.45) is 1.27. The second kappa shape index (κ2) is 7.70. The van der Waals surface area contributed by atoms with Crippen LogP contribution in [0.25, 0.3) is 0 Å². The summed E-state index contributed by atoms with van der Waals surface area (Å²) in [5, 5.41) is 3.19. The lowest BCUT2D eigenvalue weighted by Gasteiger charge is -2.18. The van der Waals surface area contributed by atoms with E-state index in [1.165, 1.54) is 16.9 Å². The average Bonchev–Trinajstić information content (AvgIpc) is 2.91. The minimum absolute atomic E-state index is 0.487. The molecule has 1 aromatic heterocycles. The quantitative estimate of drug-likeness (QED) is 0.784. The summed E-state index contributed by atoms with van der Waals surface area (Å²) in [4.78, 5) is 15.9. The smallest absolute Gasteiger partial charge is 0.413 e. The number of hydrogen-bond acceptors (Lipinski definition) is 6. The molecule has 23 heavy (non-hydrogen) atoms. The zero-order valence-electron chi connectivity index (χ0n) is 13.6. The zero-order chi connectivity index (χ0) is 16.9. The second-order valence-corrected chi connectivity index (χ2v) is 8.05. The lowest BCUT2D eigenvalue weighted by atomic mass is 10.2. The van der Waals surface area contributed by atoms with Crippen LogP contribution in [0.1, 0.15) is 26.3 Å². The Morgan fingerprint density at radius 3 is 2.61 bits per heavy atom. The van der Waals surface area contributed by atoms with Gasteiger partial charge < -0.3 is 9.47 Å². The molecule has 1 N–H and O–H groups in total. The number of hydrogen-bond donors (Lipinski definition) is 1. The number of ether oxygens (including phenoxy) is 2. The van der Waals surface area contributed by atoms with Crippen molar-refractivity contribution in [2.45, 2.75) is 36.3 Å². The van der Waals surface area contributed by atoms with Crippen LogP contribution in [0.15, 0.2) is 34.7 Å². The van der Waals surface area contributed by atoms with Crippen molar-refractivity contribution >= 4 is 34.3 Å². The summed E-state index contributed by atoms with van der Waals surface area (Å²) in [5.74, 6) is 1.68. The molecule has 0 bridgehead atoms. The third-order valence-electron chi connectivity index (χ3n) is 2.63. The standard InChI is InChI=1S/C16H20N2O3S2/c1-16(2,3)21-15(19)18-14-17-9-13(23-14)22-10-11-5-7-12(20-4)8-6-11/h5-9H,10H2,1-4H3,(H,17,18,19). The van der Waals surface area contributed by atoms with Crippen molar-refractivity contribution < 1.29 is 14.3 Å². The summed E-state index contributed by atoms with van der Waals surface area (Å²) in [6.45, 7) is 5.47. The Hall–Kier alpha value is -1.73. The Labute approximate surface area is 144 Å². The van der Waals surface area contributed by atoms with Crippen molar-refractivity contribution in [3.8, 4) is 5.75 Å². The molecule has 2 aromatic rings. The first kappa shape index (κ1) is 17.6. The number of thiazole rings is 1. The van der Waals surface area contributed by atoms with Gasteiger partial charge in [-0.15, -0.1) is 11.8 Å². The van der Waals surface area contributed by atoms with E-state index in [1.807, 2.05) is 45.0 Å². The molecule has 1 aromatic carbocycles. The number of amides is 1. The fourth-order valence-electron chi connectivity index (χ4n) is 1.65. The van der Waals surface area contributed by atoms with Gasteiger partial charge in [0.15, 0.2) is 5.13 Å². The maximum absolute atomic E-state index is 11.7. The van der Waals surface area contributed by atoms with Crippen LogP contribution in [0.2, 0.25) is 0 Å². The molecule has 1 heterocycles. The van der Waals surface area contributed by atoms with Gasteiger partial charge in [-0.05, 0) is 38.5 Å². The van der Waals surface area contributed by atoms with Crippen LogP contribution in [0.3, 0.4) is 0 Å². The SMILES string of the molecule is COc1ccc(CSc2cnc(NC(=O)OC(C)(C)C)s2)cc1. The molecule has 0 spiro atoms. The molecule has 5 nitrogen and oxygen atoms in total. The van der Waals surface area contributed by atoms with Crippen molar-refractivity contribution in [1.82, 2.24) is 4.98 Å². The van der Waals surface area contributed by atoms with Crippen molar-refractivity contribution in [3.05, 3.63) is 36.0 Å². The third kappa shape index (κ3) is 6.11. The predicted octanol–water partition coefficient (Wildman–Crippen LogP) is 4.79. The number of carbonyl (C=O) groups excluding carboxylic acids is 1. The Morgan fingerprint density at radius 1 is 1.30 bits per heavy atom. The zero-order valence-corrected chi connectivity index (χ0v) is 15.2. The minimum Gasteiger partial charge on any atom is -0.497 e. The van der Waals surface area contributed by atoms with Crippen LogP contribution in [0.5, 0.6) is 5.75 Å². The largest absolute Gasteiger partial charge is 0.497 e. The molecule has 0 atom stereocenters. The maximum Gasteiger partial charge on any atom is 0.413 e. The second-order valence-electron chi connectivity index (χ2n) is 5.75. The van der Waals surface area contributed by atoms with Crippen LogP contribution in [0.4, 0.5) is 9.93 Å². The van der Waals surface area contributed by atoms with Crippen LogP contribution in [-0.2, 0) is 10.5 Å². The van der Waals surface area contributed by atoms with Crippen molar-refractivity contribution in [2.24, 2.45) is 0 Å². The molecule has 0 unspecified atom stereocenters. The monoisotopic (exact) mass is 352 g/mol. The topological polar surface area (TPSA) is 60.5 Å². The first-order valence-corrected chi connectivity index (χ1v) is 8.87. The van der Waals surface area contributed by atoms with E-state index < -0.39 is 11.7 Å². The first-order chi connectivity index (χ1) is 10.9. The van der Waals surface area contributed by atoms with E-state index in [0.29, 0.717) is 5.13 Å². The molecular formula is C16H20N2O3S2. The lowest BCUT2D eigenvalue weighted by molar-refractivity contribution is 0.0636. The Balaban J connectivity index is 1.85. The molecule has 0 saturated carbocycles. The normalized spacial score (nSPS) is 11.1. The first-order valence-electron chi connectivity index (χ1n) is 7.07. The Bertz CT molecular complexity index is 648. The predicted molar refractivity (Wildman–Crippen MR) is 94.5 cm³/mol. The fourth-order valence-corrected chi connectivity index (χ4v) is 3.46. The summed E-state index contributed by atoms with van der Waals surface area (Å²) < 4.78 is 11.4. The number of nitrogens with one attached hydrogen (secondary N) is 1. The summed E-state index contributed by atoms with van der Waals surface area (Å²) >= 11 is 3.10. The van der Waals surface area contributed by atoms with Crippen LogP contribution >= 0.6 is 23.1 Å². The van der Waals surface area contributed by atoms with Gasteiger partial charge in [0, 0.05) is 5.75 Å². The van der Waals surface area contributed by atoms with E-state index in [4.69, 9.17) is 9.47 Å². The lowest BCUT2D eigenvalue weighted by Crippen LogP contribution is -2.27. The van der Waals surface area contributed by atoms with Gasteiger partial charge in [-0.25, -0.2) is 9.78 Å². The van der Waals surface area contributed by atoms with Gasteiger partial charge in [0.1, 0.15) is 11.4 Å². The Morgan fingerprint density at radius 2 is 2.00 bits per heavy atom. The molecule has 124 valence electrons. The third-order valence-corrected chi connectivity index (χ3v) is 4.81. The number of carbonyl (C=O) groups is 1. The molecule has 0 saturated heterocycles.